The van der Waals surface area contributed by atoms with Crippen molar-refractivity contribution in [1.29, 1.82) is 0 Å². The number of piperidine rings is 1. The van der Waals surface area contributed by atoms with Crippen LogP contribution in [0.25, 0.3) is 0 Å². The van der Waals surface area contributed by atoms with E-state index < -0.39 is 22.0 Å². The van der Waals surface area contributed by atoms with Crippen LogP contribution >= 0.6 is 11.3 Å². The molecule has 0 radical (unpaired) electrons. The highest BCUT2D eigenvalue weighted by Gasteiger charge is 2.37. The summed E-state index contributed by atoms with van der Waals surface area (Å²) < 4.78 is 25.8. The number of sulfonamides is 1. The first-order valence-corrected chi connectivity index (χ1v) is 7.63. The zero-order chi connectivity index (χ0) is 12.5. The average molecular weight is 275 g/mol. The van der Waals surface area contributed by atoms with Gasteiger partial charge in [-0.2, -0.15) is 4.31 Å². The quantitative estimate of drug-likeness (QED) is 0.904. The Bertz CT molecular complexity index is 494. The third kappa shape index (κ3) is 2.36. The van der Waals surface area contributed by atoms with E-state index in [4.69, 9.17) is 5.11 Å². The van der Waals surface area contributed by atoms with E-state index in [2.05, 4.69) is 0 Å². The predicted octanol–water partition coefficient (Wildman–Crippen LogP) is 1.38. The van der Waals surface area contributed by atoms with Gasteiger partial charge in [0.2, 0.25) is 0 Å². The first-order chi connectivity index (χ1) is 8.03. The van der Waals surface area contributed by atoms with Crippen LogP contribution in [-0.2, 0) is 14.8 Å². The number of hydrogen-bond acceptors (Lipinski definition) is 4. The highest BCUT2D eigenvalue weighted by molar-refractivity contribution is 7.91. The molecule has 0 spiro atoms. The molecule has 94 valence electrons. The second-order valence-corrected chi connectivity index (χ2v) is 6.96. The lowest BCUT2D eigenvalue weighted by Gasteiger charge is -2.31. The normalized spacial score (nSPS) is 22.5. The van der Waals surface area contributed by atoms with Crippen LogP contribution in [0.1, 0.15) is 19.3 Å². The zero-order valence-corrected chi connectivity index (χ0v) is 10.7. The Labute approximate surface area is 104 Å². The summed E-state index contributed by atoms with van der Waals surface area (Å²) >= 11 is 1.11. The Morgan fingerprint density at radius 1 is 1.47 bits per heavy atom. The molecule has 0 saturated carbocycles. The fourth-order valence-electron chi connectivity index (χ4n) is 1.97. The van der Waals surface area contributed by atoms with Gasteiger partial charge in [0.05, 0.1) is 0 Å². The van der Waals surface area contributed by atoms with E-state index in [1.165, 1.54) is 6.07 Å². The van der Waals surface area contributed by atoms with Gasteiger partial charge >= 0.3 is 5.97 Å². The van der Waals surface area contributed by atoms with E-state index >= 15 is 0 Å². The van der Waals surface area contributed by atoms with Gasteiger partial charge < -0.3 is 5.11 Å². The molecule has 1 N–H and O–H groups in total. The zero-order valence-electron chi connectivity index (χ0n) is 9.07. The molecule has 17 heavy (non-hydrogen) atoms. The molecular formula is C10H13NO4S2. The van der Waals surface area contributed by atoms with Crippen LogP contribution in [0.2, 0.25) is 0 Å². The number of carboxylic acid groups (broad SMARTS) is 1. The van der Waals surface area contributed by atoms with Gasteiger partial charge in [-0.05, 0) is 30.7 Å². The summed E-state index contributed by atoms with van der Waals surface area (Å²) in [6.45, 7) is 0.289. The van der Waals surface area contributed by atoms with E-state index in [0.29, 0.717) is 12.8 Å². The van der Waals surface area contributed by atoms with Crippen LogP contribution < -0.4 is 0 Å². The molecular weight excluding hydrogens is 262 g/mol. The second-order valence-electron chi connectivity index (χ2n) is 3.90. The third-order valence-corrected chi connectivity index (χ3v) is 6.08. The summed E-state index contributed by atoms with van der Waals surface area (Å²) in [6.07, 6.45) is 1.86. The molecule has 1 unspecified atom stereocenters. The smallest absolute Gasteiger partial charge is 0.322 e. The van der Waals surface area contributed by atoms with Gasteiger partial charge in [-0.3, -0.25) is 4.79 Å². The minimum Gasteiger partial charge on any atom is -0.480 e. The van der Waals surface area contributed by atoms with Crippen molar-refractivity contribution in [3.8, 4) is 0 Å². The number of carbonyl (C=O) groups is 1. The van der Waals surface area contributed by atoms with Crippen molar-refractivity contribution in [2.75, 3.05) is 6.54 Å². The molecule has 1 aliphatic rings. The van der Waals surface area contributed by atoms with Gasteiger partial charge in [0.15, 0.2) is 0 Å². The van der Waals surface area contributed by atoms with Gasteiger partial charge in [0.25, 0.3) is 10.0 Å². The van der Waals surface area contributed by atoms with Crippen molar-refractivity contribution >= 4 is 27.3 Å². The van der Waals surface area contributed by atoms with Crippen LogP contribution in [0, 0.1) is 0 Å². The maximum absolute atomic E-state index is 12.2. The van der Waals surface area contributed by atoms with Crippen LogP contribution in [0.5, 0.6) is 0 Å². The number of thiophene rings is 1. The van der Waals surface area contributed by atoms with Crippen molar-refractivity contribution in [2.45, 2.75) is 29.5 Å². The first-order valence-electron chi connectivity index (χ1n) is 5.31. The molecule has 1 aromatic rings. The maximum Gasteiger partial charge on any atom is 0.322 e. The van der Waals surface area contributed by atoms with Crippen molar-refractivity contribution in [2.24, 2.45) is 0 Å². The van der Waals surface area contributed by atoms with Gasteiger partial charge in [0, 0.05) is 6.54 Å². The van der Waals surface area contributed by atoms with E-state index in [0.717, 1.165) is 22.1 Å². The topological polar surface area (TPSA) is 74.7 Å². The lowest BCUT2D eigenvalue weighted by atomic mass is 10.1. The molecule has 2 rings (SSSR count). The monoisotopic (exact) mass is 275 g/mol. The number of rotatable bonds is 3. The van der Waals surface area contributed by atoms with Crippen molar-refractivity contribution in [3.63, 3.8) is 0 Å². The Balaban J connectivity index is 2.34. The minimum absolute atomic E-state index is 0.214. The number of aliphatic carboxylic acids is 1. The Hall–Kier alpha value is -0.920. The highest BCUT2D eigenvalue weighted by atomic mass is 32.2. The van der Waals surface area contributed by atoms with E-state index in [1.54, 1.807) is 11.4 Å². The second kappa shape index (κ2) is 4.75. The van der Waals surface area contributed by atoms with E-state index in [-0.39, 0.29) is 10.8 Å². The van der Waals surface area contributed by atoms with Gasteiger partial charge in [-0.25, -0.2) is 8.42 Å². The summed E-state index contributed by atoms with van der Waals surface area (Å²) in [5, 5.41) is 10.7. The maximum atomic E-state index is 12.2. The highest BCUT2D eigenvalue weighted by Crippen LogP contribution is 2.27. The standard InChI is InChI=1S/C10H13NO4S2/c12-10(13)8-4-1-2-6-11(8)17(14,15)9-5-3-7-16-9/h3,5,7-8H,1-2,4,6H2,(H,12,13). The number of hydrogen-bond donors (Lipinski definition) is 1. The Morgan fingerprint density at radius 2 is 2.24 bits per heavy atom. The van der Waals surface area contributed by atoms with Gasteiger partial charge in [-0.1, -0.05) is 6.07 Å². The number of nitrogens with zero attached hydrogens (tertiary/aromatic N) is 1. The summed E-state index contributed by atoms with van der Waals surface area (Å²) in [4.78, 5) is 11.1. The van der Waals surface area contributed by atoms with Crippen molar-refractivity contribution in [3.05, 3.63) is 17.5 Å². The SMILES string of the molecule is O=C(O)C1CCCCN1S(=O)(=O)c1cccs1. The molecule has 0 amide bonds. The fourth-order valence-corrected chi connectivity index (χ4v) is 4.74. The van der Waals surface area contributed by atoms with Gasteiger partial charge in [0.1, 0.15) is 10.3 Å². The molecule has 2 heterocycles. The molecule has 1 fully saturated rings. The fraction of sp³-hybridized carbons (Fsp3) is 0.500. The van der Waals surface area contributed by atoms with E-state index in [9.17, 15) is 13.2 Å². The lowest BCUT2D eigenvalue weighted by molar-refractivity contribution is -0.142. The molecule has 0 bridgehead atoms. The first kappa shape index (κ1) is 12.5. The predicted molar refractivity (Wildman–Crippen MR) is 63.5 cm³/mol. The third-order valence-electron chi connectivity index (χ3n) is 2.80. The van der Waals surface area contributed by atoms with Crippen molar-refractivity contribution < 1.29 is 18.3 Å². The average Bonchev–Trinajstić information content (AvgIpc) is 2.83. The van der Waals surface area contributed by atoms with Crippen LogP contribution in [0.4, 0.5) is 0 Å². The molecule has 0 aromatic carbocycles. The molecule has 1 aliphatic heterocycles. The molecule has 5 nitrogen and oxygen atoms in total. The van der Waals surface area contributed by atoms with Crippen LogP contribution in [-0.4, -0.2) is 36.4 Å². The molecule has 1 saturated heterocycles. The Kier molecular flexibility index (Phi) is 3.50. The minimum atomic E-state index is -3.64. The van der Waals surface area contributed by atoms with Crippen LogP contribution in [0.3, 0.4) is 0 Å². The molecule has 7 heteroatoms. The molecule has 1 atom stereocenters. The summed E-state index contributed by atoms with van der Waals surface area (Å²) in [5.74, 6) is -1.06. The molecule has 0 aliphatic carbocycles. The Morgan fingerprint density at radius 3 is 2.82 bits per heavy atom. The summed E-state index contributed by atoms with van der Waals surface area (Å²) in [6, 6.07) is 2.24. The van der Waals surface area contributed by atoms with E-state index in [1.807, 2.05) is 0 Å². The lowest BCUT2D eigenvalue weighted by Crippen LogP contribution is -2.47. The summed E-state index contributed by atoms with van der Waals surface area (Å²) in [5.41, 5.74) is 0. The largest absolute Gasteiger partial charge is 0.480 e. The van der Waals surface area contributed by atoms with Crippen LogP contribution in [0.15, 0.2) is 21.7 Å². The molecule has 1 aromatic heterocycles. The summed E-state index contributed by atoms with van der Waals surface area (Å²) in [7, 11) is -3.64. The van der Waals surface area contributed by atoms with Crippen molar-refractivity contribution in [1.82, 2.24) is 4.31 Å². The van der Waals surface area contributed by atoms with Gasteiger partial charge in [-0.15, -0.1) is 11.3 Å². The number of carboxylic acids is 1.